The van der Waals surface area contributed by atoms with Crippen molar-refractivity contribution in [3.8, 4) is 0 Å². The van der Waals surface area contributed by atoms with Gasteiger partial charge in [-0.25, -0.2) is 4.79 Å². The molecule has 3 aliphatic heterocycles. The van der Waals surface area contributed by atoms with Gasteiger partial charge >= 0.3 is 35.6 Å². The Morgan fingerprint density at radius 3 is 2.26 bits per heavy atom. The van der Waals surface area contributed by atoms with Gasteiger partial charge in [-0.2, -0.15) is 0 Å². The fourth-order valence-electron chi connectivity index (χ4n) is 2.97. The van der Waals surface area contributed by atoms with Gasteiger partial charge in [-0.05, 0) is 0 Å². The number of carbonyl (C=O) groups excluding carboxylic acids is 5. The van der Waals surface area contributed by atoms with Crippen LogP contribution in [0.4, 0.5) is 0 Å². The van der Waals surface area contributed by atoms with Crippen molar-refractivity contribution in [1.29, 1.82) is 0 Å². The molecule has 0 aromatic rings. The van der Waals surface area contributed by atoms with Gasteiger partial charge in [-0.3, -0.25) is 19.2 Å². The van der Waals surface area contributed by atoms with Gasteiger partial charge in [-0.1, -0.05) is 0 Å². The molecular formula is C16H20O11. The van der Waals surface area contributed by atoms with Gasteiger partial charge in [-0.15, -0.1) is 0 Å². The maximum Gasteiger partial charge on any atom is 0.380 e. The molecule has 27 heavy (non-hydrogen) atoms. The Hall–Kier alpha value is -2.69. The van der Waals surface area contributed by atoms with Crippen molar-refractivity contribution in [1.82, 2.24) is 0 Å². The highest BCUT2D eigenvalue weighted by atomic mass is 16.8. The average Bonchev–Trinajstić information content (AvgIpc) is 2.51. The molecule has 0 aliphatic carbocycles. The third kappa shape index (κ3) is 4.73. The molecule has 150 valence electrons. The topological polar surface area (TPSA) is 141 Å². The molecule has 0 aromatic carbocycles. The molecule has 0 spiro atoms. The molecule has 0 radical (unpaired) electrons. The van der Waals surface area contributed by atoms with Crippen LogP contribution in [0.15, 0.2) is 0 Å². The van der Waals surface area contributed by atoms with E-state index in [4.69, 9.17) is 28.4 Å². The molecule has 3 aliphatic rings. The lowest BCUT2D eigenvalue weighted by molar-refractivity contribution is -0.351. The smallest absolute Gasteiger partial charge is 0.380 e. The summed E-state index contributed by atoms with van der Waals surface area (Å²) in [5, 5.41) is 0. The van der Waals surface area contributed by atoms with Crippen molar-refractivity contribution in [2.75, 3.05) is 6.61 Å². The number of rotatable bonds is 6. The first kappa shape index (κ1) is 20.6. The zero-order chi connectivity index (χ0) is 20.4. The second-order valence-electron chi connectivity index (χ2n) is 6.10. The molecule has 3 fully saturated rings. The summed E-state index contributed by atoms with van der Waals surface area (Å²) in [6.45, 7) is 4.09. The molecule has 0 aromatic heterocycles. The van der Waals surface area contributed by atoms with E-state index in [0.29, 0.717) is 0 Å². The summed E-state index contributed by atoms with van der Waals surface area (Å²) in [7, 11) is 0. The van der Waals surface area contributed by atoms with Crippen LogP contribution in [0.5, 0.6) is 0 Å². The van der Waals surface area contributed by atoms with E-state index < -0.39 is 66.7 Å². The summed E-state index contributed by atoms with van der Waals surface area (Å²) in [5.41, 5.74) is 0. The molecule has 0 saturated carbocycles. The lowest BCUT2D eigenvalue weighted by atomic mass is 9.89. The highest BCUT2D eigenvalue weighted by molar-refractivity contribution is 5.83. The standard InChI is InChI=1S/C16H20O11/c1-7(17)22-6-12(24-9(3)19)14-13-11(23-8(2)18)5-16(27-14,15(21)25-13)26-10(4)20/h11-14H,5-6H2,1-4H3/t11?,12?,13-,14?,16?/m1/s1. The van der Waals surface area contributed by atoms with Gasteiger partial charge < -0.3 is 28.4 Å². The van der Waals surface area contributed by atoms with Crippen molar-refractivity contribution in [2.24, 2.45) is 0 Å². The average molecular weight is 388 g/mol. The third-order valence-electron chi connectivity index (χ3n) is 3.80. The third-order valence-corrected chi connectivity index (χ3v) is 3.80. The van der Waals surface area contributed by atoms with E-state index >= 15 is 0 Å². The largest absolute Gasteiger partial charge is 0.462 e. The first-order valence-corrected chi connectivity index (χ1v) is 8.10. The number of esters is 5. The maximum atomic E-state index is 12.2. The number of ether oxygens (including phenoxy) is 6. The van der Waals surface area contributed by atoms with Gasteiger partial charge in [0.1, 0.15) is 18.8 Å². The molecule has 5 atom stereocenters. The summed E-state index contributed by atoms with van der Waals surface area (Å²) in [6.07, 6.45) is -4.86. The molecule has 3 heterocycles. The van der Waals surface area contributed by atoms with Gasteiger partial charge in [0.25, 0.3) is 0 Å². The Kier molecular flexibility index (Phi) is 6.04. The minimum atomic E-state index is -2.17. The minimum absolute atomic E-state index is 0.285. The van der Waals surface area contributed by atoms with Gasteiger partial charge in [0.15, 0.2) is 12.2 Å². The van der Waals surface area contributed by atoms with Crippen molar-refractivity contribution in [2.45, 2.75) is 64.3 Å². The Labute approximate surface area is 154 Å². The van der Waals surface area contributed by atoms with Crippen LogP contribution in [0.1, 0.15) is 34.1 Å². The van der Waals surface area contributed by atoms with Crippen molar-refractivity contribution >= 4 is 29.8 Å². The molecule has 11 heteroatoms. The maximum absolute atomic E-state index is 12.2. The number of fused-ring (bicyclic) bond motifs is 3. The molecule has 2 bridgehead atoms. The zero-order valence-corrected chi connectivity index (χ0v) is 15.2. The second kappa shape index (κ2) is 7.91. The summed E-state index contributed by atoms with van der Waals surface area (Å²) < 4.78 is 31.0. The summed E-state index contributed by atoms with van der Waals surface area (Å²) in [5.74, 6) is -6.00. The van der Waals surface area contributed by atoms with Crippen LogP contribution in [-0.4, -0.2) is 66.7 Å². The van der Waals surface area contributed by atoms with E-state index in [1.165, 1.54) is 0 Å². The zero-order valence-electron chi connectivity index (χ0n) is 15.2. The van der Waals surface area contributed by atoms with E-state index in [1.807, 2.05) is 0 Å². The van der Waals surface area contributed by atoms with Crippen LogP contribution in [0.3, 0.4) is 0 Å². The molecule has 3 rings (SSSR count). The van der Waals surface area contributed by atoms with Crippen LogP contribution in [-0.2, 0) is 52.4 Å². The van der Waals surface area contributed by atoms with E-state index in [1.54, 1.807) is 0 Å². The highest BCUT2D eigenvalue weighted by Gasteiger charge is 2.65. The first-order valence-electron chi connectivity index (χ1n) is 8.10. The first-order chi connectivity index (χ1) is 12.5. The number of carbonyl (C=O) groups is 5. The second-order valence-corrected chi connectivity index (χ2v) is 6.10. The van der Waals surface area contributed by atoms with E-state index in [0.717, 1.165) is 27.7 Å². The van der Waals surface area contributed by atoms with E-state index in [2.05, 4.69) is 0 Å². The van der Waals surface area contributed by atoms with Crippen molar-refractivity contribution < 1.29 is 52.4 Å². The Morgan fingerprint density at radius 1 is 1.07 bits per heavy atom. The monoisotopic (exact) mass is 388 g/mol. The predicted molar refractivity (Wildman–Crippen MR) is 81.6 cm³/mol. The summed E-state index contributed by atoms with van der Waals surface area (Å²) in [6, 6.07) is 0. The summed E-state index contributed by atoms with van der Waals surface area (Å²) >= 11 is 0. The van der Waals surface area contributed by atoms with Gasteiger partial charge in [0, 0.05) is 27.7 Å². The van der Waals surface area contributed by atoms with Crippen LogP contribution in [0.25, 0.3) is 0 Å². The van der Waals surface area contributed by atoms with Crippen molar-refractivity contribution in [3.63, 3.8) is 0 Å². The van der Waals surface area contributed by atoms with Gasteiger partial charge in [0.05, 0.1) is 6.42 Å². The molecule has 0 amide bonds. The Bertz CT molecular complexity index is 657. The highest BCUT2D eigenvalue weighted by Crippen LogP contribution is 2.42. The minimum Gasteiger partial charge on any atom is -0.462 e. The molecule has 11 nitrogen and oxygen atoms in total. The quantitative estimate of drug-likeness (QED) is 0.425. The number of hydrogen-bond acceptors (Lipinski definition) is 11. The molecular weight excluding hydrogens is 368 g/mol. The van der Waals surface area contributed by atoms with Crippen LogP contribution >= 0.6 is 0 Å². The lowest BCUT2D eigenvalue weighted by Crippen LogP contribution is -2.71. The normalized spacial score (nSPS) is 29.9. The fraction of sp³-hybridized carbons (Fsp3) is 0.688. The van der Waals surface area contributed by atoms with E-state index in [9.17, 15) is 24.0 Å². The molecule has 3 saturated heterocycles. The number of hydrogen-bond donors (Lipinski definition) is 0. The van der Waals surface area contributed by atoms with E-state index in [-0.39, 0.29) is 6.42 Å². The van der Waals surface area contributed by atoms with Crippen molar-refractivity contribution in [3.05, 3.63) is 0 Å². The predicted octanol–water partition coefficient (Wildman–Crippen LogP) is -0.613. The van der Waals surface area contributed by atoms with Crippen LogP contribution in [0.2, 0.25) is 0 Å². The SMILES string of the molecule is CC(=O)OCC(OC(C)=O)C1OC2(OC(C)=O)CC(OC(C)=O)[C@H]1OC2=O. The lowest BCUT2D eigenvalue weighted by Gasteiger charge is -2.51. The van der Waals surface area contributed by atoms with Gasteiger partial charge in [0.2, 0.25) is 0 Å². The Balaban J connectivity index is 2.36. The van der Waals surface area contributed by atoms with Crippen LogP contribution in [0, 0.1) is 0 Å². The summed E-state index contributed by atoms with van der Waals surface area (Å²) in [4.78, 5) is 57.7. The molecule has 0 N–H and O–H groups in total. The fourth-order valence-corrected chi connectivity index (χ4v) is 2.97. The van der Waals surface area contributed by atoms with Crippen LogP contribution < -0.4 is 0 Å². The molecule has 4 unspecified atom stereocenters. The Morgan fingerprint density at radius 2 is 1.74 bits per heavy atom.